The van der Waals surface area contributed by atoms with Gasteiger partial charge in [-0.1, -0.05) is 6.07 Å². The van der Waals surface area contributed by atoms with Gasteiger partial charge in [0.2, 0.25) is 0 Å². The highest BCUT2D eigenvalue weighted by molar-refractivity contribution is 9.10. The van der Waals surface area contributed by atoms with Crippen molar-refractivity contribution in [3.63, 3.8) is 0 Å². The summed E-state index contributed by atoms with van der Waals surface area (Å²) in [5, 5.41) is 0. The van der Waals surface area contributed by atoms with E-state index in [0.717, 1.165) is 4.47 Å². The second kappa shape index (κ2) is 19.0. The number of nitrogens with zero attached hydrogens (tertiary/aromatic N) is 3. The summed E-state index contributed by atoms with van der Waals surface area (Å²) in [5.41, 5.74) is -0.845. The first-order valence-corrected chi connectivity index (χ1v) is 14.4. The van der Waals surface area contributed by atoms with Crippen molar-refractivity contribution < 1.29 is 31.7 Å². The number of carbonyl (C=O) groups is 1. The van der Waals surface area contributed by atoms with E-state index in [4.69, 9.17) is 40.3 Å². The lowest BCUT2D eigenvalue weighted by molar-refractivity contribution is 0.00578. The van der Waals surface area contributed by atoms with Crippen molar-refractivity contribution in [2.75, 3.05) is 0 Å². The Morgan fingerprint density at radius 1 is 0.841 bits per heavy atom. The van der Waals surface area contributed by atoms with Crippen LogP contribution in [0.3, 0.4) is 0 Å². The van der Waals surface area contributed by atoms with E-state index in [1.165, 1.54) is 25.5 Å². The summed E-state index contributed by atoms with van der Waals surface area (Å²) in [4.78, 5) is 21.1. The molecule has 3 aromatic heterocycles. The minimum absolute atomic E-state index is 0.206. The largest absolute Gasteiger partial charge is 0.496 e. The number of carbonyl (C=O) groups excluding carboxylic acids is 1. The number of aldehydes is 1. The van der Waals surface area contributed by atoms with Crippen LogP contribution < -0.4 is 5.46 Å². The first-order chi connectivity index (χ1) is 20.5. The smallest absolute Gasteiger partial charge is 0.399 e. The Hall–Kier alpha value is -1.76. The monoisotopic (exact) mass is 724 g/mol. The first-order valence-electron chi connectivity index (χ1n) is 12.8. The van der Waals surface area contributed by atoms with Crippen molar-refractivity contribution in [3.05, 3.63) is 81.0 Å². The van der Waals surface area contributed by atoms with Gasteiger partial charge in [-0.3, -0.25) is 19.7 Å². The van der Waals surface area contributed by atoms with Gasteiger partial charge in [0.15, 0.2) is 6.29 Å². The number of hydrogen-bond acceptors (Lipinski definition) is 6. The molecule has 6 nitrogen and oxygen atoms in total. The lowest BCUT2D eigenvalue weighted by atomic mass is 8.76. The van der Waals surface area contributed by atoms with Crippen molar-refractivity contribution in [2.45, 2.75) is 51.7 Å². The van der Waals surface area contributed by atoms with E-state index in [0.29, 0.717) is 21.9 Å². The van der Waals surface area contributed by atoms with E-state index in [2.05, 4.69) is 46.8 Å². The molecule has 1 aliphatic heterocycles. The Bertz CT molecular complexity index is 1310. The standard InChI is InChI=1S/C12H16BF2NO2.C6H4BrF2N.C6H4BrNO.B7/c1-11(2)12(3,4)18-13(17-11)8-6-5-7-16-9(8)10(14)15;7-4-2-1-3-10-5(4)6(8)9;7-5-2-1-3-8-6(5)4-9;1-5-7(4)6(2)3/h5-7,10H,1-4H3;1-3,6H;1-4H;. The van der Waals surface area contributed by atoms with Crippen molar-refractivity contribution in [1.82, 2.24) is 15.0 Å². The highest BCUT2D eigenvalue weighted by atomic mass is 79.9. The molecule has 0 aromatic carbocycles. The molecule has 0 amide bonds. The van der Waals surface area contributed by atoms with Gasteiger partial charge in [0, 0.05) is 83.8 Å². The number of pyridine rings is 3. The summed E-state index contributed by atoms with van der Waals surface area (Å²) >= 11 is 6.12. The molecule has 44 heavy (non-hydrogen) atoms. The molecule has 0 atom stereocenters. The summed E-state index contributed by atoms with van der Waals surface area (Å²) in [6.45, 7) is 7.52. The molecular formula is C24H24B8Br2F4N3O3. The summed E-state index contributed by atoms with van der Waals surface area (Å²) in [5.74, 6) is 0. The maximum absolute atomic E-state index is 12.9. The molecule has 4 rings (SSSR count). The van der Waals surface area contributed by atoms with Crippen LogP contribution in [0.1, 0.15) is 62.4 Å². The van der Waals surface area contributed by atoms with Crippen LogP contribution in [0.2, 0.25) is 0 Å². The lowest BCUT2D eigenvalue weighted by Crippen LogP contribution is -2.43. The van der Waals surface area contributed by atoms with Gasteiger partial charge in [-0.25, -0.2) is 17.6 Å². The molecule has 4 heterocycles. The molecule has 1 aliphatic rings. The molecule has 0 bridgehead atoms. The zero-order valence-corrected chi connectivity index (χ0v) is 27.6. The van der Waals surface area contributed by atoms with Gasteiger partial charge >= 0.3 is 7.12 Å². The highest BCUT2D eigenvalue weighted by Crippen LogP contribution is 2.37. The molecule has 1 saturated heterocycles. The van der Waals surface area contributed by atoms with Crippen LogP contribution >= 0.6 is 31.9 Å². The number of halogens is 6. The summed E-state index contributed by atoms with van der Waals surface area (Å²) in [7, 11) is 20.8. The van der Waals surface area contributed by atoms with Gasteiger partial charge in [-0.2, -0.15) is 0 Å². The lowest BCUT2D eigenvalue weighted by Gasteiger charge is -2.32. The van der Waals surface area contributed by atoms with Gasteiger partial charge in [0.05, 0.1) is 11.2 Å². The molecular weight excluding hydrogens is 701 g/mol. The van der Waals surface area contributed by atoms with E-state index in [9.17, 15) is 22.4 Å². The molecule has 9 radical (unpaired) electrons. The van der Waals surface area contributed by atoms with Gasteiger partial charge in [0.25, 0.3) is 12.9 Å². The van der Waals surface area contributed by atoms with E-state index < -0.39 is 37.6 Å². The van der Waals surface area contributed by atoms with Crippen LogP contribution in [0.25, 0.3) is 0 Å². The molecule has 0 N–H and O–H groups in total. The van der Waals surface area contributed by atoms with Gasteiger partial charge in [-0.05, 0) is 89.9 Å². The predicted octanol–water partition coefficient (Wildman–Crippen LogP) is 4.09. The third-order valence-electron chi connectivity index (χ3n) is 6.14. The molecule has 0 unspecified atom stereocenters. The fourth-order valence-electron chi connectivity index (χ4n) is 2.95. The Kier molecular flexibility index (Phi) is 17.4. The number of alkyl halides is 4. The van der Waals surface area contributed by atoms with Crippen molar-refractivity contribution >= 4 is 102 Å². The average molecular weight is 725 g/mol. The van der Waals surface area contributed by atoms with Crippen molar-refractivity contribution in [3.8, 4) is 0 Å². The Morgan fingerprint density at radius 3 is 1.64 bits per heavy atom. The van der Waals surface area contributed by atoms with Gasteiger partial charge in [0.1, 0.15) is 17.1 Å². The third kappa shape index (κ3) is 12.6. The summed E-state index contributed by atoms with van der Waals surface area (Å²) in [6, 6.07) is 9.83. The topological polar surface area (TPSA) is 74.2 Å². The van der Waals surface area contributed by atoms with E-state index in [-0.39, 0.29) is 17.8 Å². The summed E-state index contributed by atoms with van der Waals surface area (Å²) in [6.07, 6.45) is -1.10. The maximum Gasteiger partial charge on any atom is 0.496 e. The predicted molar refractivity (Wildman–Crippen MR) is 179 cm³/mol. The Balaban J connectivity index is 0.000000318. The molecule has 20 heteroatoms. The quantitative estimate of drug-likeness (QED) is 0.217. The van der Waals surface area contributed by atoms with Crippen LogP contribution in [0.5, 0.6) is 0 Å². The Morgan fingerprint density at radius 2 is 1.30 bits per heavy atom. The van der Waals surface area contributed by atoms with E-state index in [1.807, 2.05) is 27.7 Å². The molecule has 1 fully saturated rings. The number of hydrogen-bond donors (Lipinski definition) is 0. The minimum atomic E-state index is -2.64. The van der Waals surface area contributed by atoms with Gasteiger partial charge < -0.3 is 9.31 Å². The fraction of sp³-hybridized carbons (Fsp3) is 0.333. The van der Waals surface area contributed by atoms with Crippen LogP contribution in [-0.4, -0.2) is 90.3 Å². The fourth-order valence-corrected chi connectivity index (χ4v) is 3.73. The van der Waals surface area contributed by atoms with Crippen LogP contribution in [0.4, 0.5) is 17.6 Å². The molecule has 0 saturated carbocycles. The van der Waals surface area contributed by atoms with Crippen molar-refractivity contribution in [2.24, 2.45) is 0 Å². The van der Waals surface area contributed by atoms with E-state index >= 15 is 0 Å². The maximum atomic E-state index is 12.9. The second-order valence-corrected chi connectivity index (χ2v) is 11.6. The molecule has 0 aliphatic carbocycles. The highest BCUT2D eigenvalue weighted by Gasteiger charge is 2.52. The average Bonchev–Trinajstić information content (AvgIpc) is 3.20. The normalized spacial score (nSPS) is 14.2. The van der Waals surface area contributed by atoms with E-state index in [1.54, 1.807) is 36.5 Å². The second-order valence-electron chi connectivity index (χ2n) is 9.87. The zero-order chi connectivity index (χ0) is 33.7. The zero-order valence-electron chi connectivity index (χ0n) is 24.4. The molecule has 219 valence electrons. The number of rotatable bonds is 6. The Labute approximate surface area is 279 Å². The van der Waals surface area contributed by atoms with Crippen LogP contribution in [0, 0.1) is 0 Å². The van der Waals surface area contributed by atoms with Crippen LogP contribution in [-0.2, 0) is 9.31 Å². The summed E-state index contributed by atoms with van der Waals surface area (Å²) < 4.78 is 62.2. The molecule has 3 aromatic rings. The molecule has 0 spiro atoms. The SMILES string of the molecule is CC1(C)OB(c2cccnc2C(F)F)OC1(C)C.FC(F)c1ncccc1Br.O=Cc1ncccc1Br.[B][B]B([B])B([B])[B]. The first kappa shape index (κ1) is 40.3. The number of aromatic nitrogens is 3. The third-order valence-corrected chi connectivity index (χ3v) is 7.49. The van der Waals surface area contributed by atoms with Crippen LogP contribution in [0.15, 0.2) is 63.9 Å². The van der Waals surface area contributed by atoms with Gasteiger partial charge in [-0.15, -0.1) is 0 Å². The minimum Gasteiger partial charge on any atom is -0.399 e. The van der Waals surface area contributed by atoms with Crippen molar-refractivity contribution in [1.29, 1.82) is 0 Å².